The number of nitrogens with one attached hydrogen (secondary N) is 1. The summed E-state index contributed by atoms with van der Waals surface area (Å²) in [6.07, 6.45) is 2.70. The molecule has 0 aliphatic carbocycles. The number of amides is 1. The topological polar surface area (TPSA) is 72.3 Å². The van der Waals surface area contributed by atoms with Gasteiger partial charge in [0.2, 0.25) is 5.91 Å². The molecule has 2 aromatic carbocycles. The van der Waals surface area contributed by atoms with Crippen LogP contribution in [0.2, 0.25) is 0 Å². The zero-order chi connectivity index (χ0) is 20.2. The van der Waals surface area contributed by atoms with Crippen LogP contribution in [0.25, 0.3) is 5.69 Å². The third-order valence-electron chi connectivity index (χ3n) is 4.94. The summed E-state index contributed by atoms with van der Waals surface area (Å²) < 4.78 is 7.05. The van der Waals surface area contributed by atoms with Crippen molar-refractivity contribution in [3.63, 3.8) is 0 Å². The second kappa shape index (κ2) is 8.57. The molecule has 4 rings (SSSR count). The number of methoxy groups -OCH3 is 1. The number of benzene rings is 2. The lowest BCUT2D eigenvalue weighted by molar-refractivity contribution is -0.113. The molecule has 1 aliphatic heterocycles. The lowest BCUT2D eigenvalue weighted by Crippen LogP contribution is -2.19. The molecule has 7 nitrogen and oxygen atoms in total. The van der Waals surface area contributed by atoms with Crippen molar-refractivity contribution in [1.29, 1.82) is 0 Å². The molecule has 0 spiro atoms. The first-order chi connectivity index (χ1) is 14.2. The quantitative estimate of drug-likeness (QED) is 0.603. The van der Waals surface area contributed by atoms with Crippen LogP contribution in [0.5, 0.6) is 5.75 Å². The van der Waals surface area contributed by atoms with Crippen LogP contribution in [0, 0.1) is 0 Å². The first kappa shape index (κ1) is 19.3. The second-order valence-electron chi connectivity index (χ2n) is 6.69. The molecule has 150 valence electrons. The van der Waals surface area contributed by atoms with Gasteiger partial charge in [0.1, 0.15) is 12.1 Å². The van der Waals surface area contributed by atoms with E-state index in [0.717, 1.165) is 36.6 Å². The molecule has 29 heavy (non-hydrogen) atoms. The van der Waals surface area contributed by atoms with E-state index in [-0.39, 0.29) is 11.7 Å². The highest BCUT2D eigenvalue weighted by molar-refractivity contribution is 7.99. The van der Waals surface area contributed by atoms with Crippen LogP contribution < -0.4 is 15.0 Å². The van der Waals surface area contributed by atoms with Gasteiger partial charge in [-0.3, -0.25) is 9.36 Å². The monoisotopic (exact) mass is 409 g/mol. The summed E-state index contributed by atoms with van der Waals surface area (Å²) in [6.45, 7) is 4.16. The Hall–Kier alpha value is -3.00. The average Bonchev–Trinajstić information content (AvgIpc) is 3.38. The minimum absolute atomic E-state index is 0.0692. The lowest BCUT2D eigenvalue weighted by Gasteiger charge is -2.17. The van der Waals surface area contributed by atoms with Crippen molar-refractivity contribution in [3.05, 3.63) is 54.4 Å². The summed E-state index contributed by atoms with van der Waals surface area (Å²) in [6, 6.07) is 13.8. The summed E-state index contributed by atoms with van der Waals surface area (Å²) in [5.74, 6) is 0.968. The zero-order valence-electron chi connectivity index (χ0n) is 16.5. The van der Waals surface area contributed by atoms with E-state index in [1.165, 1.54) is 23.0 Å². The number of likely N-dealkylation sites (N-methyl/N-ethyl adjacent to an activating group) is 1. The predicted octanol–water partition coefficient (Wildman–Crippen LogP) is 3.39. The molecule has 1 aliphatic rings. The van der Waals surface area contributed by atoms with Gasteiger partial charge in [-0.15, -0.1) is 10.2 Å². The van der Waals surface area contributed by atoms with E-state index < -0.39 is 0 Å². The Morgan fingerprint density at radius 3 is 2.83 bits per heavy atom. The smallest absolute Gasteiger partial charge is 0.234 e. The number of ether oxygens (including phenoxy) is 1. The van der Waals surface area contributed by atoms with Gasteiger partial charge >= 0.3 is 0 Å². The van der Waals surface area contributed by atoms with Crippen LogP contribution in [0.15, 0.2) is 53.9 Å². The van der Waals surface area contributed by atoms with E-state index in [1.807, 2.05) is 34.9 Å². The Bertz CT molecular complexity index is 1000. The molecule has 1 N–H and O–H groups in total. The Kier molecular flexibility index (Phi) is 5.71. The van der Waals surface area contributed by atoms with Crippen molar-refractivity contribution in [2.24, 2.45) is 0 Å². The van der Waals surface area contributed by atoms with Crippen LogP contribution in [-0.2, 0) is 11.2 Å². The van der Waals surface area contributed by atoms with Gasteiger partial charge in [-0.25, -0.2) is 0 Å². The fraction of sp³-hybridized carbons (Fsp3) is 0.286. The molecule has 0 saturated heterocycles. The Balaban J connectivity index is 1.39. The van der Waals surface area contributed by atoms with E-state index >= 15 is 0 Å². The van der Waals surface area contributed by atoms with E-state index in [9.17, 15) is 4.79 Å². The van der Waals surface area contributed by atoms with E-state index in [2.05, 4.69) is 39.5 Å². The highest BCUT2D eigenvalue weighted by Crippen LogP contribution is 2.30. The SMILES string of the molecule is CCN1CCc2ccc(NC(=O)CSc3nncn3-c3ccc(OC)cc3)cc21. The minimum atomic E-state index is -0.0692. The lowest BCUT2D eigenvalue weighted by atomic mass is 10.1. The zero-order valence-corrected chi connectivity index (χ0v) is 17.3. The van der Waals surface area contributed by atoms with Gasteiger partial charge in [-0.2, -0.15) is 0 Å². The Morgan fingerprint density at radius 1 is 1.24 bits per heavy atom. The molecule has 0 radical (unpaired) electrons. The maximum absolute atomic E-state index is 12.5. The van der Waals surface area contributed by atoms with Crippen LogP contribution in [0.4, 0.5) is 11.4 Å². The third-order valence-corrected chi connectivity index (χ3v) is 5.89. The number of hydrogen-bond acceptors (Lipinski definition) is 6. The molecular formula is C21H23N5O2S. The van der Waals surface area contributed by atoms with Gasteiger partial charge in [0.25, 0.3) is 0 Å². The summed E-state index contributed by atoms with van der Waals surface area (Å²) >= 11 is 1.35. The fourth-order valence-corrected chi connectivity index (χ4v) is 4.15. The first-order valence-corrected chi connectivity index (χ1v) is 10.5. The van der Waals surface area contributed by atoms with Crippen LogP contribution in [-0.4, -0.2) is 46.6 Å². The number of anilines is 2. The fourth-order valence-electron chi connectivity index (χ4n) is 3.42. The molecule has 2 heterocycles. The highest BCUT2D eigenvalue weighted by Gasteiger charge is 2.18. The third kappa shape index (κ3) is 4.22. The van der Waals surface area contributed by atoms with Crippen LogP contribution >= 0.6 is 11.8 Å². The van der Waals surface area contributed by atoms with Crippen molar-refractivity contribution >= 4 is 29.0 Å². The number of rotatable bonds is 7. The molecule has 0 atom stereocenters. The maximum atomic E-state index is 12.5. The normalized spacial score (nSPS) is 12.7. The average molecular weight is 410 g/mol. The molecule has 3 aromatic rings. The van der Waals surface area contributed by atoms with Crippen LogP contribution in [0.3, 0.4) is 0 Å². The Morgan fingerprint density at radius 2 is 2.07 bits per heavy atom. The minimum Gasteiger partial charge on any atom is -0.497 e. The molecule has 0 saturated carbocycles. The summed E-state index contributed by atoms with van der Waals surface area (Å²) in [7, 11) is 1.63. The largest absolute Gasteiger partial charge is 0.497 e. The van der Waals surface area contributed by atoms with Crippen molar-refractivity contribution in [2.45, 2.75) is 18.5 Å². The predicted molar refractivity (Wildman–Crippen MR) is 115 cm³/mol. The van der Waals surface area contributed by atoms with Crippen molar-refractivity contribution in [1.82, 2.24) is 14.8 Å². The van der Waals surface area contributed by atoms with Gasteiger partial charge in [-0.05, 0) is 55.3 Å². The summed E-state index contributed by atoms with van der Waals surface area (Å²) in [5, 5.41) is 11.8. The van der Waals surface area contributed by atoms with Gasteiger partial charge in [0, 0.05) is 30.2 Å². The number of carbonyl (C=O) groups excluding carboxylic acids is 1. The van der Waals surface area contributed by atoms with Crippen LogP contribution in [0.1, 0.15) is 12.5 Å². The number of thioether (sulfide) groups is 1. The highest BCUT2D eigenvalue weighted by atomic mass is 32.2. The molecule has 0 fully saturated rings. The molecule has 8 heteroatoms. The Labute approximate surface area is 174 Å². The molecule has 0 unspecified atom stereocenters. The second-order valence-corrected chi connectivity index (χ2v) is 7.63. The standard InChI is InChI=1S/C21H23N5O2S/c1-3-25-11-10-15-4-5-16(12-19(15)25)23-20(27)13-29-21-24-22-14-26(21)17-6-8-18(28-2)9-7-17/h4-9,12,14H,3,10-11,13H2,1-2H3,(H,23,27). The van der Waals surface area contributed by atoms with E-state index in [1.54, 1.807) is 13.4 Å². The van der Waals surface area contributed by atoms with E-state index in [4.69, 9.17) is 4.74 Å². The van der Waals surface area contributed by atoms with Crippen molar-refractivity contribution < 1.29 is 9.53 Å². The first-order valence-electron chi connectivity index (χ1n) is 9.53. The molecule has 1 amide bonds. The summed E-state index contributed by atoms with van der Waals surface area (Å²) in [5.41, 5.74) is 4.30. The van der Waals surface area contributed by atoms with Gasteiger partial charge < -0.3 is 15.0 Å². The molecular weight excluding hydrogens is 386 g/mol. The summed E-state index contributed by atoms with van der Waals surface area (Å²) in [4.78, 5) is 14.8. The van der Waals surface area contributed by atoms with Gasteiger partial charge in [0.15, 0.2) is 5.16 Å². The molecule has 1 aromatic heterocycles. The van der Waals surface area contributed by atoms with Gasteiger partial charge in [0.05, 0.1) is 12.9 Å². The van der Waals surface area contributed by atoms with E-state index in [0.29, 0.717) is 5.16 Å². The number of nitrogens with zero attached hydrogens (tertiary/aromatic N) is 4. The van der Waals surface area contributed by atoms with Crippen molar-refractivity contribution in [2.75, 3.05) is 36.2 Å². The molecule has 0 bridgehead atoms. The van der Waals surface area contributed by atoms with Gasteiger partial charge in [-0.1, -0.05) is 17.8 Å². The van der Waals surface area contributed by atoms with Crippen molar-refractivity contribution in [3.8, 4) is 11.4 Å². The number of aromatic nitrogens is 3. The number of fused-ring (bicyclic) bond motifs is 1. The number of hydrogen-bond donors (Lipinski definition) is 1. The number of carbonyl (C=O) groups is 1. The maximum Gasteiger partial charge on any atom is 0.234 e.